The largest absolute Gasteiger partial charge is 0.508 e. The zero-order valence-corrected chi connectivity index (χ0v) is 15.7. The fourth-order valence-corrected chi connectivity index (χ4v) is 4.77. The third-order valence-corrected chi connectivity index (χ3v) is 6.47. The summed E-state index contributed by atoms with van der Waals surface area (Å²) in [4.78, 5) is 25.6. The maximum absolute atomic E-state index is 12.9. The second kappa shape index (κ2) is 6.30. The molecule has 5 heteroatoms. The van der Waals surface area contributed by atoms with Gasteiger partial charge in [-0.3, -0.25) is 9.59 Å². The molecule has 2 aliphatic carbocycles. The normalized spacial score (nSPS) is 28.8. The van der Waals surface area contributed by atoms with Gasteiger partial charge in [0.25, 0.3) is 0 Å². The highest BCUT2D eigenvalue weighted by atomic mass is 79.9. The molecular formula is C20H19BrO4. The Morgan fingerprint density at radius 1 is 1.40 bits per heavy atom. The van der Waals surface area contributed by atoms with Crippen molar-refractivity contribution in [3.05, 3.63) is 59.7 Å². The highest BCUT2D eigenvalue weighted by Crippen LogP contribution is 2.55. The zero-order chi connectivity index (χ0) is 18.4. The number of phenolic OH excluding ortho intramolecular Hbond substituents is 1. The number of carbonyl (C=O) groups excluding carboxylic acids is 2. The molecule has 25 heavy (non-hydrogen) atoms. The van der Waals surface area contributed by atoms with E-state index in [1.807, 2.05) is 6.08 Å². The SMILES string of the molecule is C=CC1=CC[C@H]2C(=O)C(C)=CC(=O)[C@@]2(Br)[C@H]1c1ccc(OC)cc1O. The van der Waals surface area contributed by atoms with Gasteiger partial charge in [-0.2, -0.15) is 0 Å². The fraction of sp³-hybridized carbons (Fsp3) is 0.300. The topological polar surface area (TPSA) is 63.6 Å². The molecular weight excluding hydrogens is 384 g/mol. The van der Waals surface area contributed by atoms with Crippen LogP contribution in [0.1, 0.15) is 24.8 Å². The van der Waals surface area contributed by atoms with Gasteiger partial charge >= 0.3 is 0 Å². The van der Waals surface area contributed by atoms with Gasteiger partial charge in [-0.05, 0) is 36.6 Å². The summed E-state index contributed by atoms with van der Waals surface area (Å²) in [6.45, 7) is 5.51. The van der Waals surface area contributed by atoms with Crippen LogP contribution in [0.25, 0.3) is 0 Å². The molecule has 130 valence electrons. The van der Waals surface area contributed by atoms with Crippen LogP contribution in [0.5, 0.6) is 11.5 Å². The number of halogens is 1. The monoisotopic (exact) mass is 402 g/mol. The number of rotatable bonds is 3. The molecule has 3 atom stereocenters. The predicted octanol–water partition coefficient (Wildman–Crippen LogP) is 3.85. The quantitative estimate of drug-likeness (QED) is 0.779. The summed E-state index contributed by atoms with van der Waals surface area (Å²) in [5.74, 6) is -0.710. The fourth-order valence-electron chi connectivity index (χ4n) is 3.75. The van der Waals surface area contributed by atoms with E-state index in [0.29, 0.717) is 23.3 Å². The summed E-state index contributed by atoms with van der Waals surface area (Å²) in [6.07, 6.45) is 5.45. The van der Waals surface area contributed by atoms with Crippen LogP contribution in [0.4, 0.5) is 0 Å². The van der Waals surface area contributed by atoms with Crippen LogP contribution in [0.2, 0.25) is 0 Å². The van der Waals surface area contributed by atoms with E-state index in [-0.39, 0.29) is 17.3 Å². The molecule has 0 fully saturated rings. The molecule has 0 aliphatic heterocycles. The third kappa shape index (κ3) is 2.58. The minimum absolute atomic E-state index is 0.0168. The van der Waals surface area contributed by atoms with Crippen LogP contribution in [0.15, 0.2) is 54.2 Å². The van der Waals surface area contributed by atoms with E-state index in [1.54, 1.807) is 25.1 Å². The van der Waals surface area contributed by atoms with Crippen LogP contribution < -0.4 is 4.74 Å². The van der Waals surface area contributed by atoms with Gasteiger partial charge < -0.3 is 9.84 Å². The second-order valence-electron chi connectivity index (χ2n) is 6.38. The lowest BCUT2D eigenvalue weighted by molar-refractivity contribution is -0.128. The Morgan fingerprint density at radius 3 is 2.72 bits per heavy atom. The van der Waals surface area contributed by atoms with Gasteiger partial charge in [0.05, 0.1) is 7.11 Å². The van der Waals surface area contributed by atoms with E-state index < -0.39 is 16.2 Å². The molecule has 0 heterocycles. The van der Waals surface area contributed by atoms with E-state index in [0.717, 1.165) is 5.57 Å². The number of alkyl halides is 1. The molecule has 0 saturated carbocycles. The van der Waals surface area contributed by atoms with Crippen molar-refractivity contribution in [1.82, 2.24) is 0 Å². The zero-order valence-electron chi connectivity index (χ0n) is 14.1. The standard InChI is InChI=1S/C20H19BrO4/c1-4-12-5-8-15-19(24)11(2)9-17(23)20(15,21)18(12)14-7-6-13(25-3)10-16(14)22/h4-7,9-10,15,18,22H,1,8H2,2-3H3/t15-,18+,20+/m0/s1. The molecule has 0 aromatic heterocycles. The van der Waals surface area contributed by atoms with Crippen LogP contribution in [0.3, 0.4) is 0 Å². The van der Waals surface area contributed by atoms with Gasteiger partial charge in [-0.15, -0.1) is 0 Å². The number of allylic oxidation sites excluding steroid dienone is 5. The van der Waals surface area contributed by atoms with Gasteiger partial charge in [0.2, 0.25) is 0 Å². The van der Waals surface area contributed by atoms with Crippen molar-refractivity contribution in [2.75, 3.05) is 7.11 Å². The van der Waals surface area contributed by atoms with Gasteiger partial charge in [0.15, 0.2) is 11.6 Å². The molecule has 0 unspecified atom stereocenters. The Balaban J connectivity index is 2.23. The number of benzene rings is 1. The number of fused-ring (bicyclic) bond motifs is 1. The summed E-state index contributed by atoms with van der Waals surface area (Å²) < 4.78 is 4.01. The summed E-state index contributed by atoms with van der Waals surface area (Å²) in [5.41, 5.74) is 1.84. The highest BCUT2D eigenvalue weighted by Gasteiger charge is 2.56. The number of phenols is 1. The number of aromatic hydroxyl groups is 1. The summed E-state index contributed by atoms with van der Waals surface area (Å²) >= 11 is 3.61. The lowest BCUT2D eigenvalue weighted by Gasteiger charge is -2.45. The summed E-state index contributed by atoms with van der Waals surface area (Å²) in [5, 5.41) is 10.5. The van der Waals surface area contributed by atoms with Crippen molar-refractivity contribution in [3.8, 4) is 11.5 Å². The first kappa shape index (κ1) is 17.7. The van der Waals surface area contributed by atoms with Crippen LogP contribution in [-0.2, 0) is 9.59 Å². The first-order valence-electron chi connectivity index (χ1n) is 7.99. The van der Waals surface area contributed by atoms with E-state index in [1.165, 1.54) is 19.3 Å². The molecule has 1 aromatic carbocycles. The molecule has 0 radical (unpaired) electrons. The number of Topliss-reactive ketones (excluding diaryl/α,β-unsaturated/α-hetero) is 1. The Morgan fingerprint density at radius 2 is 2.12 bits per heavy atom. The summed E-state index contributed by atoms with van der Waals surface area (Å²) in [7, 11) is 1.52. The molecule has 1 N–H and O–H groups in total. The molecule has 0 saturated heterocycles. The molecule has 2 aliphatic rings. The van der Waals surface area contributed by atoms with Crippen LogP contribution in [-0.4, -0.2) is 28.1 Å². The Labute approximate surface area is 155 Å². The minimum atomic E-state index is -1.13. The van der Waals surface area contributed by atoms with Crippen molar-refractivity contribution >= 4 is 27.5 Å². The molecule has 4 nitrogen and oxygen atoms in total. The van der Waals surface area contributed by atoms with Crippen molar-refractivity contribution < 1.29 is 19.4 Å². The Bertz CT molecular complexity index is 836. The Hall–Kier alpha value is -2.14. The summed E-state index contributed by atoms with van der Waals surface area (Å²) in [6, 6.07) is 4.96. The molecule has 0 amide bonds. The number of hydrogen-bond acceptors (Lipinski definition) is 4. The van der Waals surface area contributed by atoms with E-state index >= 15 is 0 Å². The van der Waals surface area contributed by atoms with Crippen LogP contribution in [0, 0.1) is 5.92 Å². The third-order valence-electron chi connectivity index (χ3n) is 5.06. The maximum Gasteiger partial charge on any atom is 0.174 e. The van der Waals surface area contributed by atoms with E-state index in [9.17, 15) is 14.7 Å². The molecule has 0 spiro atoms. The number of ketones is 2. The van der Waals surface area contributed by atoms with Crippen molar-refractivity contribution in [3.63, 3.8) is 0 Å². The van der Waals surface area contributed by atoms with E-state index in [4.69, 9.17) is 4.74 Å². The minimum Gasteiger partial charge on any atom is -0.508 e. The van der Waals surface area contributed by atoms with Gasteiger partial charge in [0.1, 0.15) is 15.8 Å². The van der Waals surface area contributed by atoms with Crippen molar-refractivity contribution in [2.45, 2.75) is 23.6 Å². The smallest absolute Gasteiger partial charge is 0.174 e. The lowest BCUT2D eigenvalue weighted by atomic mass is 9.62. The number of methoxy groups -OCH3 is 1. The average molecular weight is 403 g/mol. The molecule has 3 rings (SSSR count). The number of carbonyl (C=O) groups is 2. The number of hydrogen-bond donors (Lipinski definition) is 1. The lowest BCUT2D eigenvalue weighted by Crippen LogP contribution is -2.52. The van der Waals surface area contributed by atoms with Crippen molar-refractivity contribution in [1.29, 1.82) is 0 Å². The average Bonchev–Trinajstić information content (AvgIpc) is 2.59. The highest BCUT2D eigenvalue weighted by molar-refractivity contribution is 9.10. The van der Waals surface area contributed by atoms with Gasteiger partial charge in [0, 0.05) is 23.5 Å². The first-order valence-corrected chi connectivity index (χ1v) is 8.79. The van der Waals surface area contributed by atoms with E-state index in [2.05, 4.69) is 22.5 Å². The van der Waals surface area contributed by atoms with Gasteiger partial charge in [-0.1, -0.05) is 40.7 Å². The number of ether oxygens (including phenoxy) is 1. The first-order chi connectivity index (χ1) is 11.8. The Kier molecular flexibility index (Phi) is 4.45. The second-order valence-corrected chi connectivity index (χ2v) is 7.69. The molecule has 0 bridgehead atoms. The predicted molar refractivity (Wildman–Crippen MR) is 99.2 cm³/mol. The van der Waals surface area contributed by atoms with Gasteiger partial charge in [-0.25, -0.2) is 0 Å². The maximum atomic E-state index is 12.9. The molecule has 1 aromatic rings. The van der Waals surface area contributed by atoms with Crippen LogP contribution >= 0.6 is 15.9 Å². The van der Waals surface area contributed by atoms with Crippen molar-refractivity contribution in [2.24, 2.45) is 5.92 Å².